The summed E-state index contributed by atoms with van der Waals surface area (Å²) in [5, 5.41) is 15.7. The van der Waals surface area contributed by atoms with Crippen molar-refractivity contribution in [1.29, 1.82) is 0 Å². The Kier molecular flexibility index (Phi) is 6.15. The predicted octanol–water partition coefficient (Wildman–Crippen LogP) is 8.05. The molecule has 7 nitrogen and oxygen atoms in total. The molecule has 0 amide bonds. The number of aromatic carboxylic acids is 1. The Morgan fingerprint density at radius 1 is 1.10 bits per heavy atom. The van der Waals surface area contributed by atoms with Crippen LogP contribution in [0.1, 0.15) is 66.3 Å². The molecule has 3 heterocycles. The Labute approximate surface area is 251 Å². The first-order valence-corrected chi connectivity index (χ1v) is 15.9. The maximum absolute atomic E-state index is 11.5. The first-order valence-electron chi connectivity index (χ1n) is 14.3. The number of aromatic nitrogens is 2. The van der Waals surface area contributed by atoms with Gasteiger partial charge in [0.05, 0.1) is 27.5 Å². The first-order chi connectivity index (χ1) is 19.9. The SMILES string of the molecule is O=C(O)c1nsc2cc(N3C[C@H]4CC[C@@H](C3)C43CC(OCc4c(-c5c(Cl)cccc5Cl)noc4C4CC4)C3)ccc12. The minimum Gasteiger partial charge on any atom is -0.476 e. The zero-order valence-corrected chi connectivity index (χ0v) is 24.6. The number of nitrogens with zero attached hydrogens (tertiary/aromatic N) is 3. The molecular formula is C31H29Cl2N3O4S. The van der Waals surface area contributed by atoms with Crippen molar-refractivity contribution in [3.63, 3.8) is 0 Å². The van der Waals surface area contributed by atoms with Crippen LogP contribution in [0.2, 0.25) is 10.0 Å². The number of ether oxygens (including phenoxy) is 1. The molecule has 2 aromatic carbocycles. The summed E-state index contributed by atoms with van der Waals surface area (Å²) in [4.78, 5) is 14.0. The normalized spacial score (nSPS) is 27.1. The topological polar surface area (TPSA) is 88.7 Å². The number of hydrogen-bond acceptors (Lipinski definition) is 7. The monoisotopic (exact) mass is 609 g/mol. The summed E-state index contributed by atoms with van der Waals surface area (Å²) in [5.74, 6) is 1.64. The van der Waals surface area contributed by atoms with Crippen LogP contribution in [0, 0.1) is 17.3 Å². The van der Waals surface area contributed by atoms with E-state index in [0.717, 1.165) is 65.7 Å². The van der Waals surface area contributed by atoms with Crippen LogP contribution in [-0.4, -0.2) is 39.8 Å². The highest BCUT2D eigenvalue weighted by Crippen LogP contribution is 2.63. The van der Waals surface area contributed by atoms with Crippen LogP contribution in [-0.2, 0) is 11.3 Å². The van der Waals surface area contributed by atoms with Crippen LogP contribution in [0.25, 0.3) is 21.3 Å². The molecule has 2 atom stereocenters. The van der Waals surface area contributed by atoms with E-state index >= 15 is 0 Å². The third kappa shape index (κ3) is 4.21. The standard InChI is InChI=1S/C31H29Cl2N3O4S/c32-23-2-1-3-24(33)26(23)27-22(29(40-34-27)16-4-5-16)15-39-20-11-31(12-20)17-6-7-18(31)14-36(13-17)19-8-9-21-25(10-19)41-35-28(21)30(37)38/h1-3,8-10,16-18,20H,4-7,11-15H2,(H,37,38)/t17-,18+,20?,31?. The fourth-order valence-electron chi connectivity index (χ4n) is 7.77. The van der Waals surface area contributed by atoms with E-state index in [1.165, 1.54) is 30.1 Å². The fourth-order valence-corrected chi connectivity index (χ4v) is 9.15. The van der Waals surface area contributed by atoms with Crippen molar-refractivity contribution in [2.75, 3.05) is 18.0 Å². The largest absolute Gasteiger partial charge is 0.476 e. The van der Waals surface area contributed by atoms with Gasteiger partial charge in [0.25, 0.3) is 0 Å². The van der Waals surface area contributed by atoms with E-state index in [1.807, 2.05) is 24.3 Å². The fraction of sp³-hybridized carbons (Fsp3) is 0.452. The number of benzene rings is 2. The molecule has 1 spiro atoms. The van der Waals surface area contributed by atoms with E-state index in [0.29, 0.717) is 45.5 Å². The van der Waals surface area contributed by atoms with Gasteiger partial charge >= 0.3 is 5.97 Å². The molecule has 0 unspecified atom stereocenters. The molecule has 0 radical (unpaired) electrons. The van der Waals surface area contributed by atoms with Gasteiger partial charge in [-0.25, -0.2) is 4.79 Å². The van der Waals surface area contributed by atoms with Crippen molar-refractivity contribution in [1.82, 2.24) is 9.53 Å². The molecule has 3 aliphatic carbocycles. The van der Waals surface area contributed by atoms with Gasteiger partial charge < -0.3 is 19.3 Å². The summed E-state index contributed by atoms with van der Waals surface area (Å²) in [6, 6.07) is 11.6. The second-order valence-electron chi connectivity index (χ2n) is 12.2. The smallest absolute Gasteiger partial charge is 0.356 e. The lowest BCUT2D eigenvalue weighted by Crippen LogP contribution is -2.57. The number of halogens is 2. The molecule has 4 aromatic rings. The van der Waals surface area contributed by atoms with Gasteiger partial charge in [-0.3, -0.25) is 0 Å². The molecular weight excluding hydrogens is 581 g/mol. The van der Waals surface area contributed by atoms with E-state index in [4.69, 9.17) is 32.5 Å². The van der Waals surface area contributed by atoms with Gasteiger partial charge in [0.1, 0.15) is 11.5 Å². The highest BCUT2D eigenvalue weighted by molar-refractivity contribution is 7.13. The Balaban J connectivity index is 0.962. The minimum absolute atomic E-state index is 0.146. The quantitative estimate of drug-likeness (QED) is 0.227. The van der Waals surface area contributed by atoms with Crippen molar-refractivity contribution < 1.29 is 19.2 Å². The Hall–Kier alpha value is -2.65. The van der Waals surface area contributed by atoms with Crippen LogP contribution in [0.4, 0.5) is 5.69 Å². The van der Waals surface area contributed by atoms with Crippen molar-refractivity contribution >= 4 is 56.5 Å². The van der Waals surface area contributed by atoms with Crippen molar-refractivity contribution in [2.24, 2.45) is 17.3 Å². The van der Waals surface area contributed by atoms with Crippen LogP contribution in [0.15, 0.2) is 40.9 Å². The van der Waals surface area contributed by atoms with Gasteiger partial charge in [-0.1, -0.05) is 34.4 Å². The maximum Gasteiger partial charge on any atom is 0.356 e. The Morgan fingerprint density at radius 2 is 1.83 bits per heavy atom. The number of carbonyl (C=O) groups is 1. The molecule has 8 rings (SSSR count). The third-order valence-corrected chi connectivity index (χ3v) is 11.5. The number of piperidine rings is 1. The summed E-state index contributed by atoms with van der Waals surface area (Å²) in [6.45, 7) is 2.53. The van der Waals surface area contributed by atoms with Gasteiger partial charge in [-0.15, -0.1) is 0 Å². The zero-order chi connectivity index (χ0) is 27.9. The van der Waals surface area contributed by atoms with Crippen LogP contribution >= 0.6 is 34.7 Å². The number of carboxylic acids is 1. The molecule has 1 aliphatic heterocycles. The number of anilines is 1. The molecule has 2 aromatic heterocycles. The third-order valence-electron chi connectivity index (χ3n) is 10.0. The highest BCUT2D eigenvalue weighted by atomic mass is 35.5. The van der Waals surface area contributed by atoms with Crippen LogP contribution in [0.5, 0.6) is 0 Å². The molecule has 2 bridgehead atoms. The first kappa shape index (κ1) is 26.0. The van der Waals surface area contributed by atoms with Crippen molar-refractivity contribution in [2.45, 2.75) is 57.2 Å². The average molecular weight is 611 g/mol. The highest BCUT2D eigenvalue weighted by Gasteiger charge is 2.60. The minimum atomic E-state index is -0.972. The van der Waals surface area contributed by atoms with Crippen LogP contribution in [0.3, 0.4) is 0 Å². The Bertz CT molecular complexity index is 1640. The van der Waals surface area contributed by atoms with Gasteiger partial charge in [-0.05, 0) is 97.6 Å². The van der Waals surface area contributed by atoms with Gasteiger partial charge in [0, 0.05) is 41.2 Å². The molecule has 1 N–H and O–H groups in total. The van der Waals surface area contributed by atoms with E-state index < -0.39 is 5.97 Å². The van der Waals surface area contributed by atoms with E-state index in [9.17, 15) is 9.90 Å². The summed E-state index contributed by atoms with van der Waals surface area (Å²) in [5.41, 5.74) is 4.09. The molecule has 4 fully saturated rings. The van der Waals surface area contributed by atoms with Crippen molar-refractivity contribution in [3.05, 3.63) is 63.5 Å². The Morgan fingerprint density at radius 3 is 2.51 bits per heavy atom. The lowest BCUT2D eigenvalue weighted by molar-refractivity contribution is -0.128. The zero-order valence-electron chi connectivity index (χ0n) is 22.3. The number of fused-ring (bicyclic) bond motifs is 1. The molecule has 3 saturated carbocycles. The lowest BCUT2D eigenvalue weighted by Gasteiger charge is -2.57. The molecule has 10 heteroatoms. The summed E-state index contributed by atoms with van der Waals surface area (Å²) < 4.78 is 17.5. The predicted molar refractivity (Wildman–Crippen MR) is 159 cm³/mol. The molecule has 212 valence electrons. The number of rotatable bonds is 7. The second-order valence-corrected chi connectivity index (χ2v) is 13.8. The summed E-state index contributed by atoms with van der Waals surface area (Å²) in [6.07, 6.45) is 7.15. The number of hydrogen-bond donors (Lipinski definition) is 1. The molecule has 1 saturated heterocycles. The molecule has 41 heavy (non-hydrogen) atoms. The average Bonchev–Trinajstić information content (AvgIpc) is 3.50. The lowest BCUT2D eigenvalue weighted by atomic mass is 9.55. The number of carboxylic acid groups (broad SMARTS) is 1. The van der Waals surface area contributed by atoms with E-state index in [-0.39, 0.29) is 11.8 Å². The summed E-state index contributed by atoms with van der Waals surface area (Å²) >= 11 is 14.3. The van der Waals surface area contributed by atoms with E-state index in [1.54, 1.807) is 0 Å². The van der Waals surface area contributed by atoms with Crippen LogP contribution < -0.4 is 4.90 Å². The van der Waals surface area contributed by atoms with Gasteiger partial charge in [0.2, 0.25) is 0 Å². The summed E-state index contributed by atoms with van der Waals surface area (Å²) in [7, 11) is 0. The second kappa shape index (κ2) is 9.69. The molecule has 4 aliphatic rings. The maximum atomic E-state index is 11.5. The van der Waals surface area contributed by atoms with Crippen molar-refractivity contribution in [3.8, 4) is 11.3 Å². The van der Waals surface area contributed by atoms with Gasteiger partial charge in [0.15, 0.2) is 5.69 Å². The van der Waals surface area contributed by atoms with E-state index in [2.05, 4.69) is 26.6 Å². The van der Waals surface area contributed by atoms with Gasteiger partial charge in [-0.2, -0.15) is 4.37 Å².